The first-order valence-corrected chi connectivity index (χ1v) is 9.58. The van der Waals surface area contributed by atoms with Crippen molar-refractivity contribution in [3.8, 4) is 0 Å². The Morgan fingerprint density at radius 3 is 2.60 bits per heavy atom. The number of carbonyl (C=O) groups is 1. The summed E-state index contributed by atoms with van der Waals surface area (Å²) in [5.41, 5.74) is 1.01. The highest BCUT2D eigenvalue weighted by molar-refractivity contribution is 5.67. The van der Waals surface area contributed by atoms with Gasteiger partial charge in [0, 0.05) is 12.1 Å². The fourth-order valence-electron chi connectivity index (χ4n) is 3.68. The molecule has 0 spiro atoms. The minimum Gasteiger partial charge on any atom is -0.445 e. The predicted molar refractivity (Wildman–Crippen MR) is 99.4 cm³/mol. The molecule has 1 aliphatic heterocycles. The predicted octanol–water partition coefficient (Wildman–Crippen LogP) is 2.77. The first-order valence-electron chi connectivity index (χ1n) is 9.58. The number of carbonyl (C=O) groups excluding carboxylic acids is 1. The van der Waals surface area contributed by atoms with Crippen LogP contribution in [-0.2, 0) is 11.3 Å². The summed E-state index contributed by atoms with van der Waals surface area (Å²) < 4.78 is 5.26. The van der Waals surface area contributed by atoms with Gasteiger partial charge in [-0.2, -0.15) is 0 Å². The fourth-order valence-corrected chi connectivity index (χ4v) is 3.68. The largest absolute Gasteiger partial charge is 0.445 e. The van der Waals surface area contributed by atoms with Crippen LogP contribution in [-0.4, -0.2) is 49.8 Å². The van der Waals surface area contributed by atoms with Gasteiger partial charge in [-0.3, -0.25) is 0 Å². The molecule has 0 unspecified atom stereocenters. The summed E-state index contributed by atoms with van der Waals surface area (Å²) in [4.78, 5) is 14.2. The van der Waals surface area contributed by atoms with Crippen LogP contribution in [0.1, 0.15) is 37.7 Å². The average Bonchev–Trinajstić information content (AvgIpc) is 2.60. The Labute approximate surface area is 151 Å². The molecule has 0 atom stereocenters. The standard InChI is InChI=1S/C20H31N3O2/c1-23-11-8-16(9-12-23)7-10-21-18-13-19(14-18)22-20(24)25-15-17-5-3-2-4-6-17/h2-6,16,18-19,21H,7-15H2,1H3,(H,22,24). The van der Waals surface area contributed by atoms with E-state index in [2.05, 4.69) is 22.6 Å². The van der Waals surface area contributed by atoms with Crippen LogP contribution in [0.5, 0.6) is 0 Å². The lowest BCUT2D eigenvalue weighted by Crippen LogP contribution is -2.52. The highest BCUT2D eigenvalue weighted by Gasteiger charge is 2.30. The number of piperidine rings is 1. The zero-order valence-electron chi connectivity index (χ0n) is 15.2. The number of nitrogens with one attached hydrogen (secondary N) is 2. The van der Waals surface area contributed by atoms with Gasteiger partial charge in [-0.15, -0.1) is 0 Å². The van der Waals surface area contributed by atoms with Gasteiger partial charge in [-0.25, -0.2) is 4.79 Å². The minimum atomic E-state index is -0.307. The second-order valence-corrected chi connectivity index (χ2v) is 7.56. The third kappa shape index (κ3) is 6.01. The van der Waals surface area contributed by atoms with Crippen molar-refractivity contribution in [1.82, 2.24) is 15.5 Å². The maximum absolute atomic E-state index is 11.8. The normalized spacial score (nSPS) is 24.5. The van der Waals surface area contributed by atoms with Gasteiger partial charge < -0.3 is 20.3 Å². The molecule has 1 aromatic carbocycles. The minimum absolute atomic E-state index is 0.254. The van der Waals surface area contributed by atoms with E-state index in [1.807, 2.05) is 30.3 Å². The van der Waals surface area contributed by atoms with Gasteiger partial charge in [-0.1, -0.05) is 30.3 Å². The summed E-state index contributed by atoms with van der Waals surface area (Å²) in [6.07, 6.45) is 5.66. The molecule has 3 rings (SSSR count). The summed E-state index contributed by atoms with van der Waals surface area (Å²) in [5.74, 6) is 0.880. The summed E-state index contributed by atoms with van der Waals surface area (Å²) in [6.45, 7) is 3.91. The molecular formula is C20H31N3O2. The lowest BCUT2D eigenvalue weighted by Gasteiger charge is -2.36. The third-order valence-electron chi connectivity index (χ3n) is 5.50. The van der Waals surface area contributed by atoms with Gasteiger partial charge in [0.05, 0.1) is 0 Å². The van der Waals surface area contributed by atoms with Crippen molar-refractivity contribution in [2.24, 2.45) is 5.92 Å². The molecule has 1 heterocycles. The Balaban J connectivity index is 1.21. The molecule has 138 valence electrons. The molecule has 0 aromatic heterocycles. The summed E-state index contributed by atoms with van der Waals surface area (Å²) in [6, 6.07) is 10.6. The van der Waals surface area contributed by atoms with Crippen molar-refractivity contribution in [1.29, 1.82) is 0 Å². The number of rotatable bonds is 7. The molecule has 25 heavy (non-hydrogen) atoms. The number of nitrogens with zero attached hydrogens (tertiary/aromatic N) is 1. The lowest BCUT2D eigenvalue weighted by atomic mass is 9.86. The smallest absolute Gasteiger partial charge is 0.407 e. The van der Waals surface area contributed by atoms with E-state index in [-0.39, 0.29) is 12.1 Å². The van der Waals surface area contributed by atoms with E-state index in [0.29, 0.717) is 12.6 Å². The van der Waals surface area contributed by atoms with E-state index in [4.69, 9.17) is 4.74 Å². The quantitative estimate of drug-likeness (QED) is 0.798. The molecule has 2 N–H and O–H groups in total. The van der Waals surface area contributed by atoms with Crippen molar-refractivity contribution in [3.05, 3.63) is 35.9 Å². The highest BCUT2D eigenvalue weighted by Crippen LogP contribution is 2.22. The second kappa shape index (κ2) is 9.20. The Kier molecular flexibility index (Phi) is 6.70. The topological polar surface area (TPSA) is 53.6 Å². The van der Waals surface area contributed by atoms with Gasteiger partial charge in [-0.05, 0) is 70.3 Å². The van der Waals surface area contributed by atoms with Crippen LogP contribution in [0.25, 0.3) is 0 Å². The molecule has 5 nitrogen and oxygen atoms in total. The number of ether oxygens (including phenoxy) is 1. The first kappa shape index (κ1) is 18.2. The average molecular weight is 345 g/mol. The lowest BCUT2D eigenvalue weighted by molar-refractivity contribution is 0.125. The molecule has 1 saturated carbocycles. The molecule has 1 aromatic rings. The molecule has 1 aliphatic carbocycles. The molecule has 2 fully saturated rings. The van der Waals surface area contributed by atoms with Crippen LogP contribution in [0.2, 0.25) is 0 Å². The van der Waals surface area contributed by atoms with Crippen LogP contribution in [0.3, 0.4) is 0 Å². The highest BCUT2D eigenvalue weighted by atomic mass is 16.5. The Bertz CT molecular complexity index is 523. The van der Waals surface area contributed by atoms with E-state index in [1.165, 1.54) is 32.4 Å². The Morgan fingerprint density at radius 2 is 1.88 bits per heavy atom. The van der Waals surface area contributed by atoms with Crippen LogP contribution < -0.4 is 10.6 Å². The SMILES string of the molecule is CN1CCC(CCNC2CC(NC(=O)OCc3ccccc3)C2)CC1. The number of hydrogen-bond donors (Lipinski definition) is 2. The molecule has 0 radical (unpaired) electrons. The van der Waals surface area contributed by atoms with Crippen molar-refractivity contribution in [3.63, 3.8) is 0 Å². The van der Waals surface area contributed by atoms with Gasteiger partial charge in [0.1, 0.15) is 6.61 Å². The van der Waals surface area contributed by atoms with E-state index in [0.717, 1.165) is 30.9 Å². The van der Waals surface area contributed by atoms with E-state index in [1.54, 1.807) is 0 Å². The Morgan fingerprint density at radius 1 is 1.16 bits per heavy atom. The summed E-state index contributed by atoms with van der Waals surface area (Å²) >= 11 is 0. The van der Waals surface area contributed by atoms with Gasteiger partial charge in [0.15, 0.2) is 0 Å². The first-order chi connectivity index (χ1) is 12.2. The van der Waals surface area contributed by atoms with E-state index >= 15 is 0 Å². The zero-order chi connectivity index (χ0) is 17.5. The van der Waals surface area contributed by atoms with Crippen molar-refractivity contribution in [2.45, 2.75) is 50.8 Å². The summed E-state index contributed by atoms with van der Waals surface area (Å²) in [5, 5.41) is 6.59. The molecule has 1 amide bonds. The van der Waals surface area contributed by atoms with Crippen molar-refractivity contribution in [2.75, 3.05) is 26.7 Å². The van der Waals surface area contributed by atoms with Gasteiger partial charge in [0.25, 0.3) is 0 Å². The van der Waals surface area contributed by atoms with E-state index < -0.39 is 0 Å². The summed E-state index contributed by atoms with van der Waals surface area (Å²) in [7, 11) is 2.21. The number of benzene rings is 1. The Hall–Kier alpha value is -1.59. The fraction of sp³-hybridized carbons (Fsp3) is 0.650. The second-order valence-electron chi connectivity index (χ2n) is 7.56. The third-order valence-corrected chi connectivity index (χ3v) is 5.50. The molecular weight excluding hydrogens is 314 g/mol. The van der Waals surface area contributed by atoms with E-state index in [9.17, 15) is 4.79 Å². The maximum atomic E-state index is 11.8. The van der Waals surface area contributed by atoms with Gasteiger partial charge in [0.2, 0.25) is 0 Å². The number of hydrogen-bond acceptors (Lipinski definition) is 4. The van der Waals surface area contributed by atoms with Gasteiger partial charge >= 0.3 is 6.09 Å². The number of likely N-dealkylation sites (tertiary alicyclic amines) is 1. The maximum Gasteiger partial charge on any atom is 0.407 e. The van der Waals surface area contributed by atoms with Crippen LogP contribution in [0.15, 0.2) is 30.3 Å². The molecule has 5 heteroatoms. The van der Waals surface area contributed by atoms with Crippen molar-refractivity contribution < 1.29 is 9.53 Å². The van der Waals surface area contributed by atoms with Crippen molar-refractivity contribution >= 4 is 6.09 Å². The number of amides is 1. The number of alkyl carbamates (subject to hydrolysis) is 1. The molecule has 1 saturated heterocycles. The van der Waals surface area contributed by atoms with Crippen LogP contribution in [0.4, 0.5) is 4.79 Å². The molecule has 0 bridgehead atoms. The zero-order valence-corrected chi connectivity index (χ0v) is 15.2. The van der Waals surface area contributed by atoms with Crippen LogP contribution >= 0.6 is 0 Å². The monoisotopic (exact) mass is 345 g/mol. The molecule has 2 aliphatic rings. The van der Waals surface area contributed by atoms with Crippen LogP contribution in [0, 0.1) is 5.92 Å².